The molecule has 108 valence electrons. The normalized spacial score (nSPS) is 10.9. The number of nitriles is 1. The highest BCUT2D eigenvalue weighted by molar-refractivity contribution is 7.92. The molecule has 2 rings (SSSR count). The zero-order valence-corrected chi connectivity index (χ0v) is 11.6. The van der Waals surface area contributed by atoms with E-state index in [1.807, 2.05) is 6.07 Å². The molecule has 0 aliphatic rings. The maximum Gasteiger partial charge on any atom is 0.353 e. The average molecular weight is 306 g/mol. The first-order chi connectivity index (χ1) is 9.83. The lowest BCUT2D eigenvalue weighted by Crippen LogP contribution is -2.14. The Morgan fingerprint density at radius 2 is 2.14 bits per heavy atom. The molecule has 0 saturated carbocycles. The van der Waals surface area contributed by atoms with Crippen LogP contribution in [0.5, 0.6) is 0 Å². The number of hydrogen-bond acceptors (Lipinski definition) is 5. The highest BCUT2D eigenvalue weighted by atomic mass is 32.2. The van der Waals surface area contributed by atoms with Gasteiger partial charge >= 0.3 is 5.97 Å². The van der Waals surface area contributed by atoms with E-state index >= 15 is 0 Å². The van der Waals surface area contributed by atoms with Gasteiger partial charge in [-0.2, -0.15) is 10.4 Å². The number of rotatable bonds is 4. The number of benzene rings is 1. The van der Waals surface area contributed by atoms with Gasteiger partial charge in [-0.3, -0.25) is 9.82 Å². The van der Waals surface area contributed by atoms with E-state index in [0.717, 1.165) is 6.07 Å². The third kappa shape index (κ3) is 3.01. The van der Waals surface area contributed by atoms with E-state index in [1.54, 1.807) is 6.92 Å². The molecule has 2 aromatic rings. The fourth-order valence-electron chi connectivity index (χ4n) is 1.70. The number of H-pyrrole nitrogens is 1. The minimum absolute atomic E-state index is 0.0126. The number of aromatic carboxylic acids is 1. The molecule has 1 aromatic heterocycles. The van der Waals surface area contributed by atoms with Gasteiger partial charge in [0.25, 0.3) is 10.0 Å². The molecule has 1 aromatic carbocycles. The first-order valence-corrected chi connectivity index (χ1v) is 7.14. The molecule has 9 heteroatoms. The van der Waals surface area contributed by atoms with Gasteiger partial charge in [0.1, 0.15) is 5.69 Å². The number of sulfonamides is 1. The topological polar surface area (TPSA) is 136 Å². The molecule has 0 radical (unpaired) electrons. The van der Waals surface area contributed by atoms with Crippen LogP contribution in [0.3, 0.4) is 0 Å². The Labute approximate surface area is 120 Å². The number of aryl methyl sites for hydroxylation is 1. The third-order valence-corrected chi connectivity index (χ3v) is 4.16. The Bertz CT molecular complexity index is 848. The lowest BCUT2D eigenvalue weighted by Gasteiger charge is -2.08. The summed E-state index contributed by atoms with van der Waals surface area (Å²) in [4.78, 5) is 10.7. The minimum atomic E-state index is -3.92. The van der Waals surface area contributed by atoms with E-state index in [-0.39, 0.29) is 16.4 Å². The molecule has 0 bridgehead atoms. The maximum atomic E-state index is 12.2. The monoisotopic (exact) mass is 306 g/mol. The molecular formula is C12H10N4O4S. The second kappa shape index (κ2) is 5.26. The van der Waals surface area contributed by atoms with Crippen LogP contribution < -0.4 is 4.72 Å². The number of aromatic nitrogens is 2. The summed E-state index contributed by atoms with van der Waals surface area (Å²) < 4.78 is 26.6. The molecule has 0 unspecified atom stereocenters. The van der Waals surface area contributed by atoms with Crippen LogP contribution in [-0.4, -0.2) is 29.7 Å². The zero-order chi connectivity index (χ0) is 15.6. The van der Waals surface area contributed by atoms with Gasteiger partial charge in [-0.05, 0) is 30.7 Å². The number of carbonyl (C=O) groups is 1. The number of nitrogens with zero attached hydrogens (tertiary/aromatic N) is 2. The SMILES string of the molecule is Cc1cc(C#N)ccc1S(=O)(=O)Nc1cc(C(=O)O)[nH]n1. The third-order valence-electron chi connectivity index (χ3n) is 2.64. The lowest BCUT2D eigenvalue weighted by atomic mass is 10.2. The van der Waals surface area contributed by atoms with Crippen molar-refractivity contribution in [3.63, 3.8) is 0 Å². The maximum absolute atomic E-state index is 12.2. The van der Waals surface area contributed by atoms with Gasteiger partial charge in [0, 0.05) is 6.07 Å². The van der Waals surface area contributed by atoms with Crippen molar-refractivity contribution in [1.29, 1.82) is 5.26 Å². The summed E-state index contributed by atoms with van der Waals surface area (Å²) in [7, 11) is -3.92. The predicted molar refractivity (Wildman–Crippen MR) is 72.2 cm³/mol. The molecule has 0 amide bonds. The quantitative estimate of drug-likeness (QED) is 0.773. The van der Waals surface area contributed by atoms with Crippen molar-refractivity contribution in [2.75, 3.05) is 4.72 Å². The van der Waals surface area contributed by atoms with Crippen LogP contribution in [0, 0.1) is 18.3 Å². The average Bonchev–Trinajstić information content (AvgIpc) is 2.86. The second-order valence-electron chi connectivity index (χ2n) is 4.17. The van der Waals surface area contributed by atoms with Crippen LogP contribution >= 0.6 is 0 Å². The summed E-state index contributed by atoms with van der Waals surface area (Å²) in [5, 5.41) is 23.3. The molecule has 8 nitrogen and oxygen atoms in total. The Balaban J connectivity index is 2.34. The fraction of sp³-hybridized carbons (Fsp3) is 0.0833. The zero-order valence-electron chi connectivity index (χ0n) is 10.8. The largest absolute Gasteiger partial charge is 0.477 e. The van der Waals surface area contributed by atoms with Crippen molar-refractivity contribution in [1.82, 2.24) is 10.2 Å². The first kappa shape index (κ1) is 14.5. The summed E-state index contributed by atoms with van der Waals surface area (Å²) in [6.07, 6.45) is 0. The van der Waals surface area contributed by atoms with E-state index in [4.69, 9.17) is 10.4 Å². The Hall–Kier alpha value is -2.86. The van der Waals surface area contributed by atoms with Crippen molar-refractivity contribution in [2.24, 2.45) is 0 Å². The fourth-order valence-corrected chi connectivity index (χ4v) is 2.92. The van der Waals surface area contributed by atoms with Crippen LogP contribution in [0.25, 0.3) is 0 Å². The predicted octanol–water partition coefficient (Wildman–Crippen LogP) is 1.09. The number of carboxylic acids is 1. The highest BCUT2D eigenvalue weighted by Gasteiger charge is 2.19. The molecule has 0 aliphatic carbocycles. The van der Waals surface area contributed by atoms with Gasteiger partial charge in [-0.25, -0.2) is 13.2 Å². The van der Waals surface area contributed by atoms with Gasteiger partial charge < -0.3 is 5.11 Å². The Morgan fingerprint density at radius 3 is 2.67 bits per heavy atom. The Morgan fingerprint density at radius 1 is 1.43 bits per heavy atom. The van der Waals surface area contributed by atoms with Gasteiger partial charge in [-0.15, -0.1) is 0 Å². The van der Waals surface area contributed by atoms with Crippen molar-refractivity contribution >= 4 is 21.8 Å². The minimum Gasteiger partial charge on any atom is -0.477 e. The van der Waals surface area contributed by atoms with Crippen LogP contribution in [0.4, 0.5) is 5.82 Å². The van der Waals surface area contributed by atoms with Gasteiger partial charge in [-0.1, -0.05) is 0 Å². The molecule has 1 heterocycles. The van der Waals surface area contributed by atoms with Crippen LogP contribution in [0.15, 0.2) is 29.2 Å². The lowest BCUT2D eigenvalue weighted by molar-refractivity contribution is 0.0690. The summed E-state index contributed by atoms with van der Waals surface area (Å²) in [5.74, 6) is -1.38. The standard InChI is InChI=1S/C12H10N4O4S/c1-7-4-8(6-13)2-3-10(7)21(19,20)16-11-5-9(12(17)18)14-15-11/h2-5H,1H3,(H,17,18)(H2,14,15,16). The smallest absolute Gasteiger partial charge is 0.353 e. The van der Waals surface area contributed by atoms with Crippen LogP contribution in [0.2, 0.25) is 0 Å². The van der Waals surface area contributed by atoms with Crippen molar-refractivity contribution in [3.8, 4) is 6.07 Å². The number of nitrogens with one attached hydrogen (secondary N) is 2. The molecule has 0 atom stereocenters. The number of aromatic amines is 1. The molecule has 0 aliphatic heterocycles. The Kier molecular flexibility index (Phi) is 3.64. The van der Waals surface area contributed by atoms with Crippen molar-refractivity contribution < 1.29 is 18.3 Å². The number of hydrogen-bond donors (Lipinski definition) is 3. The van der Waals surface area contributed by atoms with Gasteiger partial charge in [0.2, 0.25) is 0 Å². The van der Waals surface area contributed by atoms with Crippen LogP contribution in [-0.2, 0) is 10.0 Å². The first-order valence-electron chi connectivity index (χ1n) is 5.66. The summed E-state index contributed by atoms with van der Waals surface area (Å²) in [6.45, 7) is 1.56. The van der Waals surface area contributed by atoms with Crippen molar-refractivity contribution in [3.05, 3.63) is 41.1 Å². The molecule has 0 spiro atoms. The summed E-state index contributed by atoms with van der Waals surface area (Å²) in [5.41, 5.74) is 0.513. The van der Waals surface area contributed by atoms with E-state index in [0.29, 0.717) is 11.1 Å². The number of anilines is 1. The highest BCUT2D eigenvalue weighted by Crippen LogP contribution is 2.19. The van der Waals surface area contributed by atoms with Gasteiger partial charge in [0.05, 0.1) is 16.5 Å². The van der Waals surface area contributed by atoms with Crippen molar-refractivity contribution in [2.45, 2.75) is 11.8 Å². The van der Waals surface area contributed by atoms with Crippen LogP contribution in [0.1, 0.15) is 21.6 Å². The van der Waals surface area contributed by atoms with E-state index in [9.17, 15) is 13.2 Å². The molecule has 3 N–H and O–H groups in total. The molecule has 0 saturated heterocycles. The second-order valence-corrected chi connectivity index (χ2v) is 5.82. The number of carboxylic acid groups (broad SMARTS) is 1. The van der Waals surface area contributed by atoms with E-state index in [1.165, 1.54) is 18.2 Å². The summed E-state index contributed by atoms with van der Waals surface area (Å²) in [6, 6.07) is 7.12. The molecular weight excluding hydrogens is 296 g/mol. The molecule has 0 fully saturated rings. The summed E-state index contributed by atoms with van der Waals surface area (Å²) >= 11 is 0. The molecule has 21 heavy (non-hydrogen) atoms. The van der Waals surface area contributed by atoms with E-state index in [2.05, 4.69) is 14.9 Å². The van der Waals surface area contributed by atoms with E-state index < -0.39 is 16.0 Å². The van der Waals surface area contributed by atoms with Gasteiger partial charge in [0.15, 0.2) is 5.82 Å².